The molecule has 26 heavy (non-hydrogen) atoms. The van der Waals surface area contributed by atoms with Gasteiger partial charge in [-0.3, -0.25) is 0 Å². The van der Waals surface area contributed by atoms with E-state index in [4.69, 9.17) is 5.14 Å². The lowest BCUT2D eigenvalue weighted by Crippen LogP contribution is -2.14. The van der Waals surface area contributed by atoms with Crippen molar-refractivity contribution in [3.63, 3.8) is 0 Å². The first-order chi connectivity index (χ1) is 12.1. The van der Waals surface area contributed by atoms with Crippen molar-refractivity contribution in [2.45, 2.75) is 11.9 Å². The molecule has 0 spiro atoms. The Labute approximate surface area is 147 Å². The lowest BCUT2D eigenvalue weighted by atomic mass is 10.1. The van der Waals surface area contributed by atoms with Gasteiger partial charge in [-0.25, -0.2) is 18.2 Å². The Kier molecular flexibility index (Phi) is 4.59. The molecule has 0 saturated carbocycles. The second-order valence-corrected chi connectivity index (χ2v) is 7.28. The highest BCUT2D eigenvalue weighted by atomic mass is 32.2. The number of benzene rings is 2. The second kappa shape index (κ2) is 6.58. The molecule has 2 aromatic carbocycles. The summed E-state index contributed by atoms with van der Waals surface area (Å²) < 4.78 is 62.8. The predicted molar refractivity (Wildman–Crippen MR) is 90.8 cm³/mol. The van der Waals surface area contributed by atoms with Crippen LogP contribution in [0, 0.1) is 0 Å². The number of rotatable bonds is 4. The van der Waals surface area contributed by atoms with Gasteiger partial charge in [0.1, 0.15) is 0 Å². The van der Waals surface area contributed by atoms with Crippen LogP contribution in [0.25, 0.3) is 16.9 Å². The lowest BCUT2D eigenvalue weighted by Gasteiger charge is -2.08. The molecule has 0 unspecified atom stereocenters. The van der Waals surface area contributed by atoms with Gasteiger partial charge in [-0.05, 0) is 23.8 Å². The van der Waals surface area contributed by atoms with Gasteiger partial charge in [-0.2, -0.15) is 18.3 Å². The Morgan fingerprint density at radius 3 is 2.15 bits per heavy atom. The number of nitrogens with two attached hydrogens (primary N) is 1. The highest BCUT2D eigenvalue weighted by Gasteiger charge is 2.35. The van der Waals surface area contributed by atoms with Crippen molar-refractivity contribution in [2.75, 3.05) is 0 Å². The number of nitrogens with zero attached hydrogens (tertiary/aromatic N) is 2. The maximum absolute atomic E-state index is 13.1. The molecule has 9 heteroatoms. The summed E-state index contributed by atoms with van der Waals surface area (Å²) in [7, 11) is -3.69. The van der Waals surface area contributed by atoms with E-state index in [-0.39, 0.29) is 11.4 Å². The number of aromatic nitrogens is 2. The van der Waals surface area contributed by atoms with E-state index in [1.807, 2.05) is 0 Å². The topological polar surface area (TPSA) is 78.0 Å². The van der Waals surface area contributed by atoms with Crippen LogP contribution in [0.2, 0.25) is 0 Å². The predicted octanol–water partition coefficient (Wildman–Crippen LogP) is 3.35. The van der Waals surface area contributed by atoms with Gasteiger partial charge in [-0.15, -0.1) is 0 Å². The molecule has 0 amide bonds. The van der Waals surface area contributed by atoms with E-state index >= 15 is 0 Å². The van der Waals surface area contributed by atoms with E-state index < -0.39 is 21.9 Å². The van der Waals surface area contributed by atoms with E-state index in [2.05, 4.69) is 5.10 Å². The third kappa shape index (κ3) is 4.12. The summed E-state index contributed by atoms with van der Waals surface area (Å²) in [6.07, 6.45) is -4.58. The normalized spacial score (nSPS) is 12.3. The highest BCUT2D eigenvalue weighted by molar-refractivity contribution is 7.88. The van der Waals surface area contributed by atoms with Crippen LogP contribution in [0.15, 0.2) is 60.7 Å². The standard InChI is InChI=1S/C17H14F3N3O2S/c18-17(19,20)16-10-15(13-4-2-1-3-5-13)23(22-16)14-8-6-12(7-9-14)11-26(21,24)25/h1-10H,11H2,(H2,21,24,25). The van der Waals surface area contributed by atoms with Crippen LogP contribution >= 0.6 is 0 Å². The van der Waals surface area contributed by atoms with E-state index in [0.717, 1.165) is 6.07 Å². The molecule has 1 heterocycles. The molecule has 0 saturated heterocycles. The van der Waals surface area contributed by atoms with Gasteiger partial charge in [0.2, 0.25) is 10.0 Å². The minimum atomic E-state index is -4.58. The van der Waals surface area contributed by atoms with Crippen LogP contribution in [-0.4, -0.2) is 18.2 Å². The van der Waals surface area contributed by atoms with Crippen molar-refractivity contribution in [2.24, 2.45) is 5.14 Å². The smallest absolute Gasteiger partial charge is 0.233 e. The Bertz CT molecular complexity index is 1010. The third-order valence-electron chi connectivity index (χ3n) is 3.62. The van der Waals surface area contributed by atoms with Gasteiger partial charge >= 0.3 is 6.18 Å². The average Bonchev–Trinajstić information content (AvgIpc) is 3.00. The van der Waals surface area contributed by atoms with Gasteiger partial charge in [-0.1, -0.05) is 42.5 Å². The minimum Gasteiger partial charge on any atom is -0.233 e. The van der Waals surface area contributed by atoms with Gasteiger partial charge in [0.15, 0.2) is 5.69 Å². The zero-order chi connectivity index (χ0) is 18.9. The first-order valence-electron chi connectivity index (χ1n) is 7.46. The summed E-state index contributed by atoms with van der Waals surface area (Å²) in [5, 5.41) is 8.68. The largest absolute Gasteiger partial charge is 0.435 e. The third-order valence-corrected chi connectivity index (χ3v) is 4.35. The molecule has 0 aliphatic heterocycles. The van der Waals surface area contributed by atoms with Crippen molar-refractivity contribution >= 4 is 10.0 Å². The first kappa shape index (κ1) is 18.2. The number of primary sulfonamides is 1. The maximum Gasteiger partial charge on any atom is 0.435 e. The number of halogens is 3. The zero-order valence-electron chi connectivity index (χ0n) is 13.3. The van der Waals surface area contributed by atoms with Gasteiger partial charge in [0.25, 0.3) is 0 Å². The monoisotopic (exact) mass is 381 g/mol. The van der Waals surface area contributed by atoms with Crippen LogP contribution in [0.4, 0.5) is 13.2 Å². The summed E-state index contributed by atoms with van der Waals surface area (Å²) in [6, 6.07) is 15.5. The Balaban J connectivity index is 2.07. The van der Waals surface area contributed by atoms with E-state index in [0.29, 0.717) is 16.8 Å². The number of sulfonamides is 1. The van der Waals surface area contributed by atoms with E-state index in [1.54, 1.807) is 30.3 Å². The fraction of sp³-hybridized carbons (Fsp3) is 0.118. The van der Waals surface area contributed by atoms with Crippen LogP contribution in [0.5, 0.6) is 0 Å². The lowest BCUT2D eigenvalue weighted by molar-refractivity contribution is -0.141. The van der Waals surface area contributed by atoms with Crippen LogP contribution in [0.1, 0.15) is 11.3 Å². The molecular weight excluding hydrogens is 367 g/mol. The number of hydrogen-bond acceptors (Lipinski definition) is 3. The van der Waals surface area contributed by atoms with Gasteiger partial charge < -0.3 is 0 Å². The molecule has 2 N–H and O–H groups in total. The maximum atomic E-state index is 13.1. The van der Waals surface area contributed by atoms with Crippen LogP contribution in [-0.2, 0) is 22.0 Å². The molecular formula is C17H14F3N3O2S. The molecule has 3 aromatic rings. The second-order valence-electron chi connectivity index (χ2n) is 5.66. The van der Waals surface area contributed by atoms with Gasteiger partial charge in [0, 0.05) is 5.56 Å². The SMILES string of the molecule is NS(=O)(=O)Cc1ccc(-n2nc(C(F)(F)F)cc2-c2ccccc2)cc1. The number of alkyl halides is 3. The Morgan fingerprint density at radius 2 is 1.62 bits per heavy atom. The quantitative estimate of drug-likeness (QED) is 0.753. The zero-order valence-corrected chi connectivity index (χ0v) is 14.1. The summed E-state index contributed by atoms with van der Waals surface area (Å²) in [5.74, 6) is -0.355. The molecule has 0 radical (unpaired) electrons. The molecule has 5 nitrogen and oxygen atoms in total. The Morgan fingerprint density at radius 1 is 1.00 bits per heavy atom. The van der Waals surface area contributed by atoms with E-state index in [1.165, 1.54) is 28.9 Å². The summed E-state index contributed by atoms with van der Waals surface area (Å²) in [6.45, 7) is 0. The van der Waals surface area contributed by atoms with E-state index in [9.17, 15) is 21.6 Å². The molecule has 3 rings (SSSR count). The van der Waals surface area contributed by atoms with Crippen molar-refractivity contribution in [1.29, 1.82) is 0 Å². The fourth-order valence-corrected chi connectivity index (χ4v) is 3.15. The van der Waals surface area contributed by atoms with Crippen molar-refractivity contribution in [3.05, 3.63) is 71.9 Å². The Hall–Kier alpha value is -2.65. The molecule has 0 fully saturated rings. The highest BCUT2D eigenvalue weighted by Crippen LogP contribution is 2.33. The summed E-state index contributed by atoms with van der Waals surface area (Å²) in [4.78, 5) is 0. The number of hydrogen-bond donors (Lipinski definition) is 1. The fourth-order valence-electron chi connectivity index (χ4n) is 2.50. The first-order valence-corrected chi connectivity index (χ1v) is 9.17. The van der Waals surface area contributed by atoms with Crippen molar-refractivity contribution in [1.82, 2.24) is 9.78 Å². The average molecular weight is 381 g/mol. The molecule has 0 aliphatic carbocycles. The molecule has 0 atom stereocenters. The molecule has 0 bridgehead atoms. The molecule has 0 aliphatic rings. The molecule has 1 aromatic heterocycles. The van der Waals surface area contributed by atoms with Crippen molar-refractivity contribution in [3.8, 4) is 16.9 Å². The van der Waals surface area contributed by atoms with Crippen LogP contribution < -0.4 is 5.14 Å². The van der Waals surface area contributed by atoms with Crippen LogP contribution in [0.3, 0.4) is 0 Å². The molecule has 136 valence electrons. The van der Waals surface area contributed by atoms with Crippen molar-refractivity contribution < 1.29 is 21.6 Å². The summed E-state index contributed by atoms with van der Waals surface area (Å²) >= 11 is 0. The minimum absolute atomic E-state index is 0.275. The summed E-state index contributed by atoms with van der Waals surface area (Å²) in [5.41, 5.74) is 0.643. The van der Waals surface area contributed by atoms with Gasteiger partial charge in [0.05, 0.1) is 17.1 Å².